The lowest BCUT2D eigenvalue weighted by Gasteiger charge is -2.10. The molecule has 114 valence electrons. The molecular weight excluding hydrogens is 278 g/mol. The molecule has 0 aliphatic heterocycles. The SMILES string of the molecule is COc1ccc(OC)c(NC(=O)/C=C/c2cccc(C)c2)c1. The molecule has 0 spiro atoms. The summed E-state index contributed by atoms with van der Waals surface area (Å²) in [5, 5.41) is 2.79. The molecule has 0 saturated carbocycles. The molecule has 0 bridgehead atoms. The van der Waals surface area contributed by atoms with Crippen molar-refractivity contribution >= 4 is 17.7 Å². The lowest BCUT2D eigenvalue weighted by molar-refractivity contribution is -0.111. The summed E-state index contributed by atoms with van der Waals surface area (Å²) in [4.78, 5) is 12.0. The van der Waals surface area contributed by atoms with Crippen molar-refractivity contribution in [3.8, 4) is 11.5 Å². The van der Waals surface area contributed by atoms with Crippen molar-refractivity contribution < 1.29 is 14.3 Å². The summed E-state index contributed by atoms with van der Waals surface area (Å²) in [5.74, 6) is 1.00. The number of rotatable bonds is 5. The maximum atomic E-state index is 12.0. The van der Waals surface area contributed by atoms with Gasteiger partial charge in [-0.25, -0.2) is 0 Å². The van der Waals surface area contributed by atoms with E-state index in [0.29, 0.717) is 17.2 Å². The zero-order valence-electron chi connectivity index (χ0n) is 12.9. The fourth-order valence-corrected chi connectivity index (χ4v) is 2.03. The average molecular weight is 297 g/mol. The first-order chi connectivity index (χ1) is 10.6. The molecule has 2 aromatic carbocycles. The van der Waals surface area contributed by atoms with Crippen molar-refractivity contribution in [1.82, 2.24) is 0 Å². The molecule has 0 aliphatic carbocycles. The van der Waals surface area contributed by atoms with Crippen LogP contribution in [0.3, 0.4) is 0 Å². The number of hydrogen-bond acceptors (Lipinski definition) is 3. The number of anilines is 1. The number of methoxy groups -OCH3 is 2. The van der Waals surface area contributed by atoms with E-state index in [-0.39, 0.29) is 5.91 Å². The Kier molecular flexibility index (Phi) is 5.20. The largest absolute Gasteiger partial charge is 0.497 e. The minimum absolute atomic E-state index is 0.229. The number of nitrogens with one attached hydrogen (secondary N) is 1. The van der Waals surface area contributed by atoms with Crippen LogP contribution in [0.1, 0.15) is 11.1 Å². The van der Waals surface area contributed by atoms with Crippen LogP contribution in [0.2, 0.25) is 0 Å². The smallest absolute Gasteiger partial charge is 0.248 e. The highest BCUT2D eigenvalue weighted by Crippen LogP contribution is 2.28. The first kappa shape index (κ1) is 15.6. The number of benzene rings is 2. The molecule has 0 aromatic heterocycles. The zero-order valence-corrected chi connectivity index (χ0v) is 12.9. The molecule has 1 amide bonds. The van der Waals surface area contributed by atoms with Crippen molar-refractivity contribution in [2.24, 2.45) is 0 Å². The van der Waals surface area contributed by atoms with Crippen LogP contribution >= 0.6 is 0 Å². The summed E-state index contributed by atoms with van der Waals surface area (Å²) in [5.41, 5.74) is 2.70. The Morgan fingerprint density at radius 2 is 1.91 bits per heavy atom. The van der Waals surface area contributed by atoms with Crippen molar-refractivity contribution in [1.29, 1.82) is 0 Å². The lowest BCUT2D eigenvalue weighted by Crippen LogP contribution is -2.09. The highest BCUT2D eigenvalue weighted by Gasteiger charge is 2.07. The summed E-state index contributed by atoms with van der Waals surface area (Å²) in [6.45, 7) is 2.01. The Hall–Kier alpha value is -2.75. The van der Waals surface area contributed by atoms with Crippen LogP contribution in [0.5, 0.6) is 11.5 Å². The second-order valence-corrected chi connectivity index (χ2v) is 4.80. The molecule has 0 heterocycles. The number of ether oxygens (including phenoxy) is 2. The van der Waals surface area contributed by atoms with E-state index < -0.39 is 0 Å². The van der Waals surface area contributed by atoms with E-state index in [4.69, 9.17) is 9.47 Å². The van der Waals surface area contributed by atoms with Gasteiger partial charge in [-0.15, -0.1) is 0 Å². The summed E-state index contributed by atoms with van der Waals surface area (Å²) >= 11 is 0. The molecule has 0 atom stereocenters. The Morgan fingerprint density at radius 1 is 1.09 bits per heavy atom. The predicted molar refractivity (Wildman–Crippen MR) is 88.4 cm³/mol. The van der Waals surface area contributed by atoms with E-state index in [1.165, 1.54) is 6.08 Å². The first-order valence-corrected chi connectivity index (χ1v) is 6.90. The van der Waals surface area contributed by atoms with Crippen LogP contribution in [0.4, 0.5) is 5.69 Å². The second kappa shape index (κ2) is 7.31. The van der Waals surface area contributed by atoms with Crippen LogP contribution in [-0.2, 0) is 4.79 Å². The number of amides is 1. The minimum atomic E-state index is -0.229. The van der Waals surface area contributed by atoms with E-state index in [1.807, 2.05) is 31.2 Å². The minimum Gasteiger partial charge on any atom is -0.497 e. The van der Waals surface area contributed by atoms with Crippen LogP contribution in [-0.4, -0.2) is 20.1 Å². The third kappa shape index (κ3) is 4.12. The van der Waals surface area contributed by atoms with Gasteiger partial charge in [-0.3, -0.25) is 4.79 Å². The van der Waals surface area contributed by atoms with Gasteiger partial charge >= 0.3 is 0 Å². The van der Waals surface area contributed by atoms with Crippen molar-refractivity contribution in [2.45, 2.75) is 6.92 Å². The van der Waals surface area contributed by atoms with Gasteiger partial charge in [0, 0.05) is 12.1 Å². The molecule has 22 heavy (non-hydrogen) atoms. The number of carbonyl (C=O) groups excluding carboxylic acids is 1. The monoisotopic (exact) mass is 297 g/mol. The maximum Gasteiger partial charge on any atom is 0.248 e. The highest BCUT2D eigenvalue weighted by molar-refractivity contribution is 6.02. The zero-order chi connectivity index (χ0) is 15.9. The van der Waals surface area contributed by atoms with Crippen LogP contribution in [0.15, 0.2) is 48.5 Å². The van der Waals surface area contributed by atoms with E-state index in [1.54, 1.807) is 38.5 Å². The summed E-state index contributed by atoms with van der Waals surface area (Å²) in [7, 11) is 3.13. The second-order valence-electron chi connectivity index (χ2n) is 4.80. The number of aryl methyl sites for hydroxylation is 1. The van der Waals surface area contributed by atoms with Gasteiger partial charge in [-0.1, -0.05) is 29.8 Å². The molecule has 4 heteroatoms. The molecule has 0 unspecified atom stereocenters. The lowest BCUT2D eigenvalue weighted by atomic mass is 10.1. The number of carbonyl (C=O) groups is 1. The van der Waals surface area contributed by atoms with Gasteiger partial charge in [0.05, 0.1) is 19.9 Å². The third-order valence-electron chi connectivity index (χ3n) is 3.13. The van der Waals surface area contributed by atoms with E-state index in [2.05, 4.69) is 5.32 Å². The van der Waals surface area contributed by atoms with Gasteiger partial charge in [0.15, 0.2) is 0 Å². The summed E-state index contributed by atoms with van der Waals surface area (Å²) in [6.07, 6.45) is 3.27. The van der Waals surface area contributed by atoms with Crippen molar-refractivity contribution in [3.63, 3.8) is 0 Å². The van der Waals surface area contributed by atoms with Gasteiger partial charge in [0.2, 0.25) is 5.91 Å². The molecule has 2 aromatic rings. The van der Waals surface area contributed by atoms with Gasteiger partial charge in [-0.05, 0) is 30.7 Å². The van der Waals surface area contributed by atoms with Gasteiger partial charge in [0.25, 0.3) is 0 Å². The highest BCUT2D eigenvalue weighted by atomic mass is 16.5. The van der Waals surface area contributed by atoms with Gasteiger partial charge in [0.1, 0.15) is 11.5 Å². The summed E-state index contributed by atoms with van der Waals surface area (Å²) < 4.78 is 10.4. The third-order valence-corrected chi connectivity index (χ3v) is 3.13. The maximum absolute atomic E-state index is 12.0. The normalized spacial score (nSPS) is 10.5. The standard InChI is InChI=1S/C18H19NO3/c1-13-5-4-6-14(11-13)7-10-18(20)19-16-12-15(21-2)8-9-17(16)22-3/h4-12H,1-3H3,(H,19,20)/b10-7+. The topological polar surface area (TPSA) is 47.6 Å². The Bertz CT molecular complexity index is 692. The van der Waals surface area contributed by atoms with Crippen molar-refractivity contribution in [3.05, 3.63) is 59.7 Å². The number of hydrogen-bond donors (Lipinski definition) is 1. The average Bonchev–Trinajstić information content (AvgIpc) is 2.53. The van der Waals surface area contributed by atoms with Crippen molar-refractivity contribution in [2.75, 3.05) is 19.5 Å². The summed E-state index contributed by atoms with van der Waals surface area (Å²) in [6, 6.07) is 13.2. The fraction of sp³-hybridized carbons (Fsp3) is 0.167. The molecule has 1 N–H and O–H groups in total. The molecule has 0 radical (unpaired) electrons. The molecule has 0 saturated heterocycles. The first-order valence-electron chi connectivity index (χ1n) is 6.90. The van der Waals surface area contributed by atoms with Gasteiger partial charge in [-0.2, -0.15) is 0 Å². The van der Waals surface area contributed by atoms with E-state index in [9.17, 15) is 4.79 Å². The molecular formula is C18H19NO3. The van der Waals surface area contributed by atoms with Crippen LogP contribution < -0.4 is 14.8 Å². The quantitative estimate of drug-likeness (QED) is 0.857. The molecule has 0 fully saturated rings. The molecule has 4 nitrogen and oxygen atoms in total. The predicted octanol–water partition coefficient (Wildman–Crippen LogP) is 3.66. The Morgan fingerprint density at radius 3 is 2.59 bits per heavy atom. The van der Waals surface area contributed by atoms with Crippen LogP contribution in [0, 0.1) is 6.92 Å². The Balaban J connectivity index is 2.11. The Labute approximate surface area is 130 Å². The molecule has 0 aliphatic rings. The van der Waals surface area contributed by atoms with Gasteiger partial charge < -0.3 is 14.8 Å². The fourth-order valence-electron chi connectivity index (χ4n) is 2.03. The van der Waals surface area contributed by atoms with E-state index in [0.717, 1.165) is 11.1 Å². The van der Waals surface area contributed by atoms with E-state index >= 15 is 0 Å². The van der Waals surface area contributed by atoms with Crippen LogP contribution in [0.25, 0.3) is 6.08 Å². The molecule has 2 rings (SSSR count).